The molecule has 1 aliphatic rings. The smallest absolute Gasteiger partial charge is 0.343 e. The summed E-state index contributed by atoms with van der Waals surface area (Å²) >= 11 is 0. The van der Waals surface area contributed by atoms with E-state index in [4.69, 9.17) is 0 Å². The summed E-state index contributed by atoms with van der Waals surface area (Å²) in [5.74, 6) is 0.137. The van der Waals surface area contributed by atoms with Crippen molar-refractivity contribution in [3.63, 3.8) is 0 Å². The molecule has 0 amide bonds. The number of fused-ring (bicyclic) bond motifs is 1. The summed E-state index contributed by atoms with van der Waals surface area (Å²) in [5.41, 5.74) is 0.663. The molecule has 1 aromatic rings. The van der Waals surface area contributed by atoms with E-state index in [9.17, 15) is 13.0 Å². The first-order chi connectivity index (χ1) is 5.62. The van der Waals surface area contributed by atoms with Gasteiger partial charge in [0.25, 0.3) is 0 Å². The quantitative estimate of drug-likeness (QED) is 0.458. The molecule has 1 heterocycles. The molecular weight excluding hydrogens is 196 g/mol. The summed E-state index contributed by atoms with van der Waals surface area (Å²) < 4.78 is 33.6. The number of benzene rings is 1. The maximum absolute atomic E-state index is 11.3. The Morgan fingerprint density at radius 3 is 2.67 bits per heavy atom. The molecule has 0 aliphatic carbocycles. The first kappa shape index (κ1) is 8.10. The van der Waals surface area contributed by atoms with E-state index in [-0.39, 0.29) is 10.6 Å². The van der Waals surface area contributed by atoms with Crippen molar-refractivity contribution in [2.24, 2.45) is 0 Å². The van der Waals surface area contributed by atoms with Crippen LogP contribution in [0.4, 0.5) is 0 Å². The number of hydrogen-bond donors (Lipinski definition) is 0. The summed E-state index contributed by atoms with van der Waals surface area (Å²) in [7, 11) is -5.27. The second-order valence-corrected chi connectivity index (χ2v) is 7.19. The minimum absolute atomic E-state index is 0.137. The fraction of sp³-hybridized carbons (Fsp3) is 0.143. The molecule has 2 rings (SSSR count). The van der Waals surface area contributed by atoms with E-state index in [1.165, 1.54) is 6.07 Å². The van der Waals surface area contributed by atoms with Crippen molar-refractivity contribution in [2.45, 2.75) is 10.6 Å². The van der Waals surface area contributed by atoms with Gasteiger partial charge in [-0.05, 0) is 6.07 Å². The average molecular weight is 202 g/mol. The fourth-order valence-corrected chi connectivity index (χ4v) is 4.77. The normalized spacial score (nSPS) is 25.2. The van der Waals surface area contributed by atoms with E-state index in [0.29, 0.717) is 5.56 Å². The summed E-state index contributed by atoms with van der Waals surface area (Å²) in [6, 6.07) is 6.57. The van der Waals surface area contributed by atoms with Crippen molar-refractivity contribution >= 4 is 19.1 Å². The van der Waals surface area contributed by atoms with Crippen LogP contribution in [0.25, 0.3) is 0 Å². The Morgan fingerprint density at radius 1 is 1.33 bits per heavy atom. The summed E-state index contributed by atoms with van der Waals surface area (Å²) in [5, 5.41) is 0. The molecule has 0 bridgehead atoms. The molecule has 64 valence electrons. The zero-order valence-electron chi connectivity index (χ0n) is 6.06. The molecular formula is C7H6O3S2. The van der Waals surface area contributed by atoms with Gasteiger partial charge in [-0.3, -0.25) is 0 Å². The van der Waals surface area contributed by atoms with Crippen LogP contribution in [-0.2, 0) is 24.8 Å². The molecule has 1 aliphatic heterocycles. The van der Waals surface area contributed by atoms with Gasteiger partial charge in [0.1, 0.15) is 10.6 Å². The molecule has 0 aromatic heterocycles. The van der Waals surface area contributed by atoms with Gasteiger partial charge >= 0.3 is 8.87 Å². The molecule has 0 radical (unpaired) electrons. The van der Waals surface area contributed by atoms with Gasteiger partial charge < -0.3 is 4.55 Å². The summed E-state index contributed by atoms with van der Waals surface area (Å²) in [6.07, 6.45) is 0. The van der Waals surface area contributed by atoms with Gasteiger partial charge in [-0.2, -0.15) is 8.42 Å². The van der Waals surface area contributed by atoms with Crippen molar-refractivity contribution in [1.82, 2.24) is 0 Å². The van der Waals surface area contributed by atoms with Crippen molar-refractivity contribution in [1.29, 1.82) is 0 Å². The van der Waals surface area contributed by atoms with Crippen LogP contribution in [0.2, 0.25) is 0 Å². The number of hydrogen-bond acceptors (Lipinski definition) is 3. The lowest BCUT2D eigenvalue weighted by Crippen LogP contribution is -2.08. The summed E-state index contributed by atoms with van der Waals surface area (Å²) in [6.45, 7) is 0. The first-order valence-corrected chi connectivity index (χ1v) is 6.66. The average Bonchev–Trinajstić information content (AvgIpc) is 2.25. The van der Waals surface area contributed by atoms with Crippen molar-refractivity contribution in [3.05, 3.63) is 29.8 Å². The first-order valence-electron chi connectivity index (χ1n) is 3.34. The zero-order valence-corrected chi connectivity index (χ0v) is 7.69. The maximum Gasteiger partial charge on any atom is 0.343 e. The molecule has 0 fully saturated rings. The second kappa shape index (κ2) is 2.48. The molecule has 0 saturated carbocycles. The van der Waals surface area contributed by atoms with E-state index in [1.807, 2.05) is 0 Å². The highest BCUT2D eigenvalue weighted by atomic mass is 33.2. The maximum atomic E-state index is 11.3. The molecule has 3 nitrogen and oxygen atoms in total. The van der Waals surface area contributed by atoms with Crippen molar-refractivity contribution in [3.8, 4) is 0 Å². The Labute approximate surface area is 72.9 Å². The molecule has 1 atom stereocenters. The van der Waals surface area contributed by atoms with Gasteiger partial charge in [-0.1, -0.05) is 18.2 Å². The topological polar surface area (TPSA) is 57.2 Å². The Hall–Kier alpha value is -0.520. The molecule has 0 saturated heterocycles. The Kier molecular flexibility index (Phi) is 1.67. The van der Waals surface area contributed by atoms with Gasteiger partial charge in [-0.15, -0.1) is 0 Å². The van der Waals surface area contributed by atoms with Crippen LogP contribution >= 0.6 is 0 Å². The number of rotatable bonds is 0. The van der Waals surface area contributed by atoms with Gasteiger partial charge in [0, 0.05) is 5.56 Å². The molecule has 0 spiro atoms. The van der Waals surface area contributed by atoms with Crippen LogP contribution in [0.3, 0.4) is 0 Å². The van der Waals surface area contributed by atoms with Crippen molar-refractivity contribution in [2.75, 3.05) is 0 Å². The minimum atomic E-state index is -3.51. The summed E-state index contributed by atoms with van der Waals surface area (Å²) in [4.78, 5) is 0.225. The third-order valence-corrected chi connectivity index (χ3v) is 6.09. The van der Waals surface area contributed by atoms with Crippen LogP contribution in [0.5, 0.6) is 0 Å². The van der Waals surface area contributed by atoms with E-state index in [1.54, 1.807) is 18.2 Å². The fourth-order valence-electron chi connectivity index (χ4n) is 1.17. The monoisotopic (exact) mass is 202 g/mol. The van der Waals surface area contributed by atoms with Crippen LogP contribution in [0, 0.1) is 0 Å². The highest BCUT2D eigenvalue weighted by molar-refractivity contribution is 8.67. The Balaban J connectivity index is 2.72. The molecule has 12 heavy (non-hydrogen) atoms. The standard InChI is InChI=1S/C7H6O3S2/c8-11-5-6-3-1-2-4-7(6)12(11,9)10/h1-4H,5H2. The van der Waals surface area contributed by atoms with Crippen LogP contribution in [0.15, 0.2) is 29.2 Å². The van der Waals surface area contributed by atoms with Gasteiger partial charge in [0.15, 0.2) is 0 Å². The predicted molar refractivity (Wildman–Crippen MR) is 45.5 cm³/mol. The van der Waals surface area contributed by atoms with Crippen LogP contribution in [-0.4, -0.2) is 13.0 Å². The largest absolute Gasteiger partial charge is 0.601 e. The van der Waals surface area contributed by atoms with E-state index < -0.39 is 19.1 Å². The molecule has 5 heteroatoms. The van der Waals surface area contributed by atoms with Gasteiger partial charge in [-0.25, -0.2) is 0 Å². The zero-order chi connectivity index (χ0) is 8.77. The van der Waals surface area contributed by atoms with Crippen LogP contribution in [0.1, 0.15) is 5.56 Å². The lowest BCUT2D eigenvalue weighted by molar-refractivity contribution is 0.586. The van der Waals surface area contributed by atoms with Crippen LogP contribution < -0.4 is 0 Å². The van der Waals surface area contributed by atoms with E-state index >= 15 is 0 Å². The third kappa shape index (κ3) is 0.972. The SMILES string of the molecule is O=S1(=O)c2ccccc2C[S+]1[O-]. The lowest BCUT2D eigenvalue weighted by atomic mass is 10.2. The second-order valence-electron chi connectivity index (χ2n) is 2.51. The van der Waals surface area contributed by atoms with Gasteiger partial charge in [0.2, 0.25) is 0 Å². The van der Waals surface area contributed by atoms with E-state index in [2.05, 4.69) is 0 Å². The Morgan fingerprint density at radius 2 is 2.00 bits per heavy atom. The highest BCUT2D eigenvalue weighted by Gasteiger charge is 2.39. The Bertz CT molecular complexity index is 410. The predicted octanol–water partition coefficient (Wildman–Crippen LogP) is 0.638. The third-order valence-electron chi connectivity index (χ3n) is 1.76. The van der Waals surface area contributed by atoms with Gasteiger partial charge in [0.05, 0.1) is 10.2 Å². The van der Waals surface area contributed by atoms with Crippen molar-refractivity contribution < 1.29 is 13.0 Å². The molecule has 1 unspecified atom stereocenters. The highest BCUT2D eigenvalue weighted by Crippen LogP contribution is 2.31. The lowest BCUT2D eigenvalue weighted by Gasteiger charge is -1.98. The molecule has 1 aromatic carbocycles. The van der Waals surface area contributed by atoms with E-state index in [0.717, 1.165) is 0 Å². The minimum Gasteiger partial charge on any atom is -0.601 e. The molecule has 0 N–H and O–H groups in total.